The number of anilines is 2. The summed E-state index contributed by atoms with van der Waals surface area (Å²) in [5.41, 5.74) is 1.62. The largest absolute Gasteiger partial charge is 0.479 e. The number of H-pyrrole nitrogens is 1. The first-order valence-electron chi connectivity index (χ1n) is 9.26. The molecule has 4 rings (SSSR count). The van der Waals surface area contributed by atoms with Crippen molar-refractivity contribution in [3.05, 3.63) is 71.4 Å². The maximum absolute atomic E-state index is 12.5. The fourth-order valence-electron chi connectivity index (χ4n) is 3.28. The number of carbonyl (C=O) groups is 2. The molecule has 2 amide bonds. The van der Waals surface area contributed by atoms with Gasteiger partial charge in [-0.15, -0.1) is 0 Å². The fraction of sp³-hybridized carbons (Fsp3) is 0.190. The highest BCUT2D eigenvalue weighted by Crippen LogP contribution is 2.33. The van der Waals surface area contributed by atoms with Crippen molar-refractivity contribution in [2.45, 2.75) is 19.4 Å². The van der Waals surface area contributed by atoms with Crippen LogP contribution in [0.4, 0.5) is 11.4 Å². The molecule has 0 saturated heterocycles. The summed E-state index contributed by atoms with van der Waals surface area (Å²) in [5.74, 6) is 0.225. The van der Waals surface area contributed by atoms with Crippen molar-refractivity contribution in [3.8, 4) is 11.4 Å². The molecule has 2 heterocycles. The Labute approximate surface area is 166 Å². The lowest BCUT2D eigenvalue weighted by Crippen LogP contribution is -2.45. The quantitative estimate of drug-likeness (QED) is 0.696. The normalized spacial score (nSPS) is 15.6. The van der Waals surface area contributed by atoms with Gasteiger partial charge in [-0.25, -0.2) is 4.79 Å². The van der Waals surface area contributed by atoms with E-state index in [0.29, 0.717) is 22.8 Å². The number of carbonyl (C=O) groups excluding carboxylic acids is 2. The van der Waals surface area contributed by atoms with E-state index in [0.717, 1.165) is 0 Å². The van der Waals surface area contributed by atoms with Gasteiger partial charge in [0, 0.05) is 31.0 Å². The van der Waals surface area contributed by atoms with E-state index >= 15 is 0 Å². The van der Waals surface area contributed by atoms with E-state index in [1.54, 1.807) is 60.6 Å². The Kier molecular flexibility index (Phi) is 4.90. The Bertz CT molecular complexity index is 1120. The number of ether oxygens (including phenoxy) is 1. The summed E-state index contributed by atoms with van der Waals surface area (Å²) in [4.78, 5) is 40.9. The van der Waals surface area contributed by atoms with Gasteiger partial charge in [-0.2, -0.15) is 0 Å². The summed E-state index contributed by atoms with van der Waals surface area (Å²) in [6, 6.07) is 14.3. The Morgan fingerprint density at radius 3 is 2.79 bits per heavy atom. The number of aromatic nitrogens is 2. The molecule has 0 fully saturated rings. The van der Waals surface area contributed by atoms with Gasteiger partial charge in [0.25, 0.3) is 5.91 Å². The highest BCUT2D eigenvalue weighted by Gasteiger charge is 2.31. The van der Waals surface area contributed by atoms with Crippen LogP contribution in [0.15, 0.2) is 65.7 Å². The van der Waals surface area contributed by atoms with Gasteiger partial charge >= 0.3 is 5.69 Å². The third kappa shape index (κ3) is 3.77. The second-order valence-electron chi connectivity index (χ2n) is 6.70. The number of hydrogen-bond donors (Lipinski definition) is 2. The first-order valence-corrected chi connectivity index (χ1v) is 9.26. The molecular weight excluding hydrogens is 372 g/mol. The minimum absolute atomic E-state index is 0.126. The molecule has 0 radical (unpaired) electrons. The summed E-state index contributed by atoms with van der Waals surface area (Å²) in [6.45, 7) is 1.94. The Morgan fingerprint density at radius 1 is 1.17 bits per heavy atom. The molecule has 29 heavy (non-hydrogen) atoms. The van der Waals surface area contributed by atoms with Gasteiger partial charge in [0.15, 0.2) is 6.10 Å². The van der Waals surface area contributed by atoms with Gasteiger partial charge in [-0.05, 0) is 37.3 Å². The Hall–Kier alpha value is -3.81. The number of nitrogens with one attached hydrogen (secondary N) is 2. The number of nitrogens with zero attached hydrogens (tertiary/aromatic N) is 2. The van der Waals surface area contributed by atoms with Gasteiger partial charge in [0.2, 0.25) is 5.91 Å². The van der Waals surface area contributed by atoms with E-state index in [1.807, 2.05) is 12.1 Å². The second kappa shape index (κ2) is 7.67. The third-order valence-electron chi connectivity index (χ3n) is 4.69. The van der Waals surface area contributed by atoms with E-state index in [-0.39, 0.29) is 30.5 Å². The molecule has 2 aromatic carbocycles. The number of benzene rings is 2. The van der Waals surface area contributed by atoms with Crippen LogP contribution >= 0.6 is 0 Å². The SMILES string of the molecule is CC1Oc2ccccc2N(CCC(=O)Nc2cccc(-n3cc[nH]c3=O)c2)C1=O. The number of amides is 2. The van der Waals surface area contributed by atoms with Gasteiger partial charge < -0.3 is 19.9 Å². The standard InChI is InChI=1S/C21H20N4O4/c1-14-20(27)25(17-7-2-3-8-18(17)29-14)11-9-19(26)23-15-5-4-6-16(13-15)24-12-10-22-21(24)28/h2-8,10,12-14H,9,11H2,1H3,(H,22,28)(H,23,26). The van der Waals surface area contributed by atoms with Crippen molar-refractivity contribution in [1.82, 2.24) is 9.55 Å². The zero-order chi connectivity index (χ0) is 20.4. The van der Waals surface area contributed by atoms with Gasteiger partial charge in [0.05, 0.1) is 11.4 Å². The van der Waals surface area contributed by atoms with Crippen LogP contribution in [0.25, 0.3) is 5.69 Å². The zero-order valence-electron chi connectivity index (χ0n) is 15.8. The summed E-state index contributed by atoms with van der Waals surface area (Å²) >= 11 is 0. The van der Waals surface area contributed by atoms with Crippen LogP contribution in [0, 0.1) is 0 Å². The van der Waals surface area contributed by atoms with Crippen LogP contribution in [0.5, 0.6) is 5.75 Å². The van der Waals surface area contributed by atoms with Crippen molar-refractivity contribution in [3.63, 3.8) is 0 Å². The lowest BCUT2D eigenvalue weighted by atomic mass is 10.1. The monoisotopic (exact) mass is 392 g/mol. The first kappa shape index (κ1) is 18.5. The van der Waals surface area contributed by atoms with E-state index < -0.39 is 6.10 Å². The van der Waals surface area contributed by atoms with E-state index in [1.165, 1.54) is 4.57 Å². The average molecular weight is 392 g/mol. The molecule has 1 aliphatic rings. The molecular formula is C21H20N4O4. The number of para-hydroxylation sites is 2. The van der Waals surface area contributed by atoms with Crippen LogP contribution in [-0.4, -0.2) is 34.0 Å². The molecule has 0 bridgehead atoms. The lowest BCUT2D eigenvalue weighted by Gasteiger charge is -2.32. The molecule has 8 nitrogen and oxygen atoms in total. The number of hydrogen-bond acceptors (Lipinski definition) is 4. The maximum atomic E-state index is 12.5. The smallest absolute Gasteiger partial charge is 0.330 e. The fourth-order valence-corrected chi connectivity index (χ4v) is 3.28. The zero-order valence-corrected chi connectivity index (χ0v) is 15.8. The van der Waals surface area contributed by atoms with Crippen LogP contribution < -0.4 is 20.6 Å². The first-order chi connectivity index (χ1) is 14.0. The van der Waals surface area contributed by atoms with E-state index in [9.17, 15) is 14.4 Å². The van der Waals surface area contributed by atoms with Crippen LogP contribution in [0.2, 0.25) is 0 Å². The molecule has 2 N–H and O–H groups in total. The topological polar surface area (TPSA) is 96.4 Å². The van der Waals surface area contributed by atoms with Gasteiger partial charge in [-0.3, -0.25) is 14.2 Å². The molecule has 1 atom stereocenters. The van der Waals surface area contributed by atoms with Crippen molar-refractivity contribution in [2.75, 3.05) is 16.8 Å². The molecule has 1 unspecified atom stereocenters. The van der Waals surface area contributed by atoms with Crippen LogP contribution in [0.1, 0.15) is 13.3 Å². The Morgan fingerprint density at radius 2 is 2.00 bits per heavy atom. The maximum Gasteiger partial charge on any atom is 0.330 e. The van der Waals surface area contributed by atoms with E-state index in [4.69, 9.17) is 4.74 Å². The molecule has 0 saturated carbocycles. The minimum atomic E-state index is -0.593. The van der Waals surface area contributed by atoms with Gasteiger partial charge in [-0.1, -0.05) is 18.2 Å². The minimum Gasteiger partial charge on any atom is -0.479 e. The molecule has 1 aliphatic heterocycles. The molecule has 148 valence electrons. The number of imidazole rings is 1. The molecule has 1 aromatic heterocycles. The van der Waals surface area contributed by atoms with E-state index in [2.05, 4.69) is 10.3 Å². The molecule has 0 spiro atoms. The van der Waals surface area contributed by atoms with Crippen molar-refractivity contribution >= 4 is 23.2 Å². The second-order valence-corrected chi connectivity index (χ2v) is 6.70. The molecule has 0 aliphatic carbocycles. The highest BCUT2D eigenvalue weighted by atomic mass is 16.5. The predicted octanol–water partition coefficient (Wildman–Crippen LogP) is 2.31. The summed E-state index contributed by atoms with van der Waals surface area (Å²) in [7, 11) is 0. The third-order valence-corrected chi connectivity index (χ3v) is 4.69. The van der Waals surface area contributed by atoms with Crippen molar-refractivity contribution in [2.24, 2.45) is 0 Å². The summed E-state index contributed by atoms with van der Waals surface area (Å²) in [6.07, 6.45) is 2.70. The summed E-state index contributed by atoms with van der Waals surface area (Å²) < 4.78 is 7.06. The Balaban J connectivity index is 1.44. The molecule has 8 heteroatoms. The molecule has 3 aromatic rings. The van der Waals surface area contributed by atoms with Gasteiger partial charge in [0.1, 0.15) is 5.75 Å². The highest BCUT2D eigenvalue weighted by molar-refractivity contribution is 6.00. The number of rotatable bonds is 5. The number of aromatic amines is 1. The summed E-state index contributed by atoms with van der Waals surface area (Å²) in [5, 5.41) is 2.82. The lowest BCUT2D eigenvalue weighted by molar-refractivity contribution is -0.125. The van der Waals surface area contributed by atoms with Crippen LogP contribution in [-0.2, 0) is 9.59 Å². The van der Waals surface area contributed by atoms with Crippen molar-refractivity contribution < 1.29 is 14.3 Å². The average Bonchev–Trinajstić information content (AvgIpc) is 3.14. The predicted molar refractivity (Wildman–Crippen MR) is 109 cm³/mol. The number of fused-ring (bicyclic) bond motifs is 1. The van der Waals surface area contributed by atoms with Crippen molar-refractivity contribution in [1.29, 1.82) is 0 Å². The van der Waals surface area contributed by atoms with Crippen LogP contribution in [0.3, 0.4) is 0 Å².